The number of H-pyrrole nitrogens is 1. The Balaban J connectivity index is 1.14. The Morgan fingerprint density at radius 3 is 2.78 bits per heavy atom. The molecule has 2 saturated heterocycles. The first-order valence-corrected chi connectivity index (χ1v) is 13.2. The summed E-state index contributed by atoms with van der Waals surface area (Å²) in [4.78, 5) is 29.8. The Bertz CT molecular complexity index is 1400. The van der Waals surface area contributed by atoms with E-state index in [-0.39, 0.29) is 6.03 Å². The lowest BCUT2D eigenvalue weighted by atomic mass is 9.90. The number of aromatic nitrogens is 3. The van der Waals surface area contributed by atoms with Gasteiger partial charge in [0.05, 0.1) is 16.8 Å². The monoisotopic (exact) mass is 495 g/mol. The molecule has 0 bridgehead atoms. The van der Waals surface area contributed by atoms with E-state index in [1.165, 1.54) is 12.0 Å². The number of hydrogen-bond acceptors (Lipinski definition) is 5. The van der Waals surface area contributed by atoms with Gasteiger partial charge >= 0.3 is 6.03 Å². The van der Waals surface area contributed by atoms with Crippen molar-refractivity contribution >= 4 is 39.9 Å². The Morgan fingerprint density at radius 1 is 0.973 bits per heavy atom. The molecule has 2 amide bonds. The molecule has 2 aromatic heterocycles. The van der Waals surface area contributed by atoms with Crippen molar-refractivity contribution in [2.75, 3.05) is 46.6 Å². The molecule has 2 aliphatic heterocycles. The van der Waals surface area contributed by atoms with Crippen molar-refractivity contribution in [3.8, 4) is 0 Å². The summed E-state index contributed by atoms with van der Waals surface area (Å²) in [7, 11) is 0. The van der Waals surface area contributed by atoms with E-state index in [1.807, 2.05) is 42.6 Å². The normalized spacial score (nSPS) is 19.8. The van der Waals surface area contributed by atoms with Crippen molar-refractivity contribution in [1.29, 1.82) is 0 Å². The molecule has 6 rings (SSSR count). The zero-order chi connectivity index (χ0) is 25.2. The molecule has 2 fully saturated rings. The van der Waals surface area contributed by atoms with Crippen LogP contribution in [-0.4, -0.2) is 47.2 Å². The number of benzene rings is 2. The predicted molar refractivity (Wildman–Crippen MR) is 150 cm³/mol. The average Bonchev–Trinajstić information content (AvgIpc) is 3.58. The number of amides is 2. The SMILES string of the molecule is C[C@H]1CCN(c2ccccc2NC(=O)Nc2cccc(C3CCCN(c4ncnc5[nH]ccc45)C3)c2)C1. The summed E-state index contributed by atoms with van der Waals surface area (Å²) in [6.07, 6.45) is 6.91. The summed E-state index contributed by atoms with van der Waals surface area (Å²) >= 11 is 0. The first kappa shape index (κ1) is 23.3. The van der Waals surface area contributed by atoms with Crippen LogP contribution in [0.25, 0.3) is 11.0 Å². The summed E-state index contributed by atoms with van der Waals surface area (Å²) in [5, 5.41) is 7.18. The Kier molecular flexibility index (Phi) is 6.39. The Hall–Kier alpha value is -4.07. The maximum Gasteiger partial charge on any atom is 0.323 e. The molecule has 2 aromatic carbocycles. The van der Waals surface area contributed by atoms with Gasteiger partial charge in [0, 0.05) is 44.0 Å². The second-order valence-electron chi connectivity index (χ2n) is 10.3. The second kappa shape index (κ2) is 10.1. The van der Waals surface area contributed by atoms with E-state index in [4.69, 9.17) is 0 Å². The van der Waals surface area contributed by atoms with Crippen molar-refractivity contribution < 1.29 is 4.79 Å². The number of fused-ring (bicyclic) bond motifs is 1. The predicted octanol–water partition coefficient (Wildman–Crippen LogP) is 5.83. The third-order valence-electron chi connectivity index (χ3n) is 7.59. The molecular weight excluding hydrogens is 462 g/mol. The van der Waals surface area contributed by atoms with E-state index in [2.05, 4.69) is 60.5 Å². The van der Waals surface area contributed by atoms with Crippen LogP contribution in [0.15, 0.2) is 67.1 Å². The number of para-hydroxylation sites is 2. The molecule has 0 saturated carbocycles. The van der Waals surface area contributed by atoms with E-state index in [0.29, 0.717) is 11.8 Å². The first-order valence-electron chi connectivity index (χ1n) is 13.2. The van der Waals surface area contributed by atoms with Crippen LogP contribution in [0.3, 0.4) is 0 Å². The average molecular weight is 496 g/mol. The summed E-state index contributed by atoms with van der Waals surface area (Å²) in [6, 6.07) is 18.1. The molecule has 190 valence electrons. The largest absolute Gasteiger partial charge is 0.370 e. The number of rotatable bonds is 5. The molecule has 4 heterocycles. The number of urea groups is 1. The molecule has 0 spiro atoms. The van der Waals surface area contributed by atoms with Crippen LogP contribution < -0.4 is 20.4 Å². The molecule has 2 atom stereocenters. The lowest BCUT2D eigenvalue weighted by Crippen LogP contribution is -2.35. The van der Waals surface area contributed by atoms with Crippen LogP contribution in [0.5, 0.6) is 0 Å². The van der Waals surface area contributed by atoms with Gasteiger partial charge in [-0.15, -0.1) is 0 Å². The van der Waals surface area contributed by atoms with Gasteiger partial charge in [-0.2, -0.15) is 0 Å². The topological polar surface area (TPSA) is 89.2 Å². The van der Waals surface area contributed by atoms with Gasteiger partial charge in [-0.1, -0.05) is 31.2 Å². The zero-order valence-electron chi connectivity index (χ0n) is 21.2. The smallest absolute Gasteiger partial charge is 0.323 e. The summed E-state index contributed by atoms with van der Waals surface area (Å²) in [5.41, 5.74) is 4.82. The minimum absolute atomic E-state index is 0.224. The quantitative estimate of drug-likeness (QED) is 0.324. The second-order valence-corrected chi connectivity index (χ2v) is 10.3. The van der Waals surface area contributed by atoms with Crippen LogP contribution in [-0.2, 0) is 0 Å². The van der Waals surface area contributed by atoms with Gasteiger partial charge in [-0.3, -0.25) is 0 Å². The number of aromatic amines is 1. The van der Waals surface area contributed by atoms with Crippen molar-refractivity contribution in [2.24, 2.45) is 5.92 Å². The van der Waals surface area contributed by atoms with Crippen LogP contribution in [0, 0.1) is 5.92 Å². The number of hydrogen-bond donors (Lipinski definition) is 3. The first-order chi connectivity index (χ1) is 18.1. The third-order valence-corrected chi connectivity index (χ3v) is 7.59. The van der Waals surface area contributed by atoms with Crippen LogP contribution in [0.4, 0.5) is 27.7 Å². The van der Waals surface area contributed by atoms with Crippen molar-refractivity contribution in [3.05, 3.63) is 72.7 Å². The fourth-order valence-electron chi connectivity index (χ4n) is 5.72. The van der Waals surface area contributed by atoms with Gasteiger partial charge in [0.2, 0.25) is 0 Å². The maximum absolute atomic E-state index is 13.0. The fourth-order valence-corrected chi connectivity index (χ4v) is 5.72. The third kappa shape index (κ3) is 4.96. The van der Waals surface area contributed by atoms with Gasteiger partial charge in [-0.25, -0.2) is 14.8 Å². The van der Waals surface area contributed by atoms with Crippen molar-refractivity contribution in [2.45, 2.75) is 32.1 Å². The summed E-state index contributed by atoms with van der Waals surface area (Å²) < 4.78 is 0. The minimum atomic E-state index is -0.224. The summed E-state index contributed by atoms with van der Waals surface area (Å²) in [5.74, 6) is 2.01. The molecule has 1 unspecified atom stereocenters. The molecule has 8 heteroatoms. The maximum atomic E-state index is 13.0. The highest BCUT2D eigenvalue weighted by Gasteiger charge is 2.25. The van der Waals surface area contributed by atoms with Crippen molar-refractivity contribution in [3.63, 3.8) is 0 Å². The highest BCUT2D eigenvalue weighted by Crippen LogP contribution is 2.33. The Labute approximate surface area is 217 Å². The molecule has 4 aromatic rings. The van der Waals surface area contributed by atoms with E-state index >= 15 is 0 Å². The lowest BCUT2D eigenvalue weighted by molar-refractivity contribution is 0.262. The lowest BCUT2D eigenvalue weighted by Gasteiger charge is -2.34. The standard InChI is InChI=1S/C29H33N7O/c1-20-12-15-35(17-20)26-10-3-2-9-25(26)34-29(37)33-23-8-4-6-21(16-23)22-7-5-14-36(18-22)28-24-11-13-30-27(24)31-19-32-28/h2-4,6,8-11,13,16,19-20,22H,5,7,12,14-15,17-18H2,1H3,(H,30,31,32)(H2,33,34,37)/t20-,22?/m0/s1. The molecule has 37 heavy (non-hydrogen) atoms. The Morgan fingerprint density at radius 2 is 1.89 bits per heavy atom. The fraction of sp³-hybridized carbons (Fsp3) is 0.345. The highest BCUT2D eigenvalue weighted by molar-refractivity contribution is 6.02. The van der Waals surface area contributed by atoms with Crippen LogP contribution in [0.1, 0.15) is 37.7 Å². The highest BCUT2D eigenvalue weighted by atomic mass is 16.2. The van der Waals surface area contributed by atoms with Gasteiger partial charge in [0.1, 0.15) is 17.8 Å². The molecule has 3 N–H and O–H groups in total. The molecule has 2 aliphatic rings. The molecule has 0 radical (unpaired) electrons. The van der Waals surface area contributed by atoms with Gasteiger partial charge in [0.25, 0.3) is 0 Å². The van der Waals surface area contributed by atoms with Crippen LogP contribution in [0.2, 0.25) is 0 Å². The van der Waals surface area contributed by atoms with E-state index in [9.17, 15) is 4.79 Å². The van der Waals surface area contributed by atoms with E-state index in [1.54, 1.807) is 6.33 Å². The molecular formula is C29H33N7O. The molecule has 0 aliphatic carbocycles. The van der Waals surface area contributed by atoms with E-state index < -0.39 is 0 Å². The minimum Gasteiger partial charge on any atom is -0.370 e. The number of nitrogens with one attached hydrogen (secondary N) is 3. The van der Waals surface area contributed by atoms with Gasteiger partial charge in [-0.05, 0) is 61.1 Å². The number of carbonyl (C=O) groups excluding carboxylic acids is 1. The number of nitrogens with zero attached hydrogens (tertiary/aromatic N) is 4. The van der Waals surface area contributed by atoms with Crippen LogP contribution >= 0.6 is 0 Å². The summed E-state index contributed by atoms with van der Waals surface area (Å²) in [6.45, 7) is 6.17. The van der Waals surface area contributed by atoms with Crippen molar-refractivity contribution in [1.82, 2.24) is 15.0 Å². The zero-order valence-corrected chi connectivity index (χ0v) is 21.2. The van der Waals surface area contributed by atoms with E-state index in [0.717, 1.165) is 72.9 Å². The number of piperidine rings is 1. The van der Waals surface area contributed by atoms with Gasteiger partial charge < -0.3 is 25.4 Å². The molecule has 8 nitrogen and oxygen atoms in total. The number of carbonyl (C=O) groups is 1. The number of anilines is 4. The van der Waals surface area contributed by atoms with Gasteiger partial charge in [0.15, 0.2) is 0 Å².